The number of hydrogen-bond donors (Lipinski definition) is 1. The summed E-state index contributed by atoms with van der Waals surface area (Å²) in [5.41, 5.74) is 1.28. The molecule has 0 radical (unpaired) electrons. The summed E-state index contributed by atoms with van der Waals surface area (Å²) in [6.07, 6.45) is 3.41. The van der Waals surface area contributed by atoms with Gasteiger partial charge in [0, 0.05) is 58.5 Å². The molecule has 5 nitrogen and oxygen atoms in total. The van der Waals surface area contributed by atoms with Crippen molar-refractivity contribution in [3.8, 4) is 0 Å². The van der Waals surface area contributed by atoms with Crippen LogP contribution in [0.5, 0.6) is 0 Å². The predicted molar refractivity (Wildman–Crippen MR) is 122 cm³/mol. The fourth-order valence-corrected chi connectivity index (χ4v) is 3.13. The van der Waals surface area contributed by atoms with E-state index < -0.39 is 0 Å². The van der Waals surface area contributed by atoms with Crippen molar-refractivity contribution < 1.29 is 4.74 Å². The summed E-state index contributed by atoms with van der Waals surface area (Å²) in [6.45, 7) is 7.76. The van der Waals surface area contributed by atoms with E-state index >= 15 is 0 Å². The maximum absolute atomic E-state index is 5.48. The molecule has 0 amide bonds. The standard InChI is InChI=1S/C20H34N4O.HI/c1-4-21-20(24(3)16-18-12-15-25-17-18)22-13-8-9-14-23(2)19-10-6-5-7-11-19;/h5-7,10-11,18H,4,8-9,12-17H2,1-3H3,(H,21,22);1H. The number of para-hydroxylation sites is 1. The normalized spacial score (nSPS) is 16.9. The van der Waals surface area contributed by atoms with Gasteiger partial charge in [0.2, 0.25) is 0 Å². The van der Waals surface area contributed by atoms with Gasteiger partial charge in [-0.1, -0.05) is 18.2 Å². The first kappa shape index (κ1) is 23.0. The monoisotopic (exact) mass is 474 g/mol. The number of nitrogens with one attached hydrogen (secondary N) is 1. The maximum atomic E-state index is 5.48. The van der Waals surface area contributed by atoms with Crippen molar-refractivity contribution in [1.29, 1.82) is 0 Å². The van der Waals surface area contributed by atoms with Gasteiger partial charge in [-0.05, 0) is 38.3 Å². The van der Waals surface area contributed by atoms with Gasteiger partial charge in [0.05, 0.1) is 6.61 Å². The number of ether oxygens (including phenoxy) is 1. The Bertz CT molecular complexity index is 506. The molecule has 1 atom stereocenters. The Morgan fingerprint density at radius 1 is 1.23 bits per heavy atom. The summed E-state index contributed by atoms with van der Waals surface area (Å²) in [4.78, 5) is 9.35. The second-order valence-electron chi connectivity index (χ2n) is 6.81. The molecule has 1 saturated heterocycles. The maximum Gasteiger partial charge on any atom is 0.193 e. The number of nitrogens with zero attached hydrogens (tertiary/aromatic N) is 3. The number of halogens is 1. The lowest BCUT2D eigenvalue weighted by Gasteiger charge is -2.24. The minimum atomic E-state index is 0. The summed E-state index contributed by atoms with van der Waals surface area (Å²) >= 11 is 0. The molecule has 1 fully saturated rings. The number of guanidine groups is 1. The fourth-order valence-electron chi connectivity index (χ4n) is 3.13. The van der Waals surface area contributed by atoms with Gasteiger partial charge in [-0.2, -0.15) is 0 Å². The molecule has 26 heavy (non-hydrogen) atoms. The molecule has 1 aromatic carbocycles. The van der Waals surface area contributed by atoms with Crippen LogP contribution < -0.4 is 10.2 Å². The predicted octanol–water partition coefficient (Wildman–Crippen LogP) is 3.45. The largest absolute Gasteiger partial charge is 0.381 e. The first-order valence-corrected chi connectivity index (χ1v) is 9.54. The zero-order valence-electron chi connectivity index (χ0n) is 16.5. The molecule has 1 heterocycles. The molecule has 1 N–H and O–H groups in total. The van der Waals surface area contributed by atoms with Crippen LogP contribution in [0, 0.1) is 5.92 Å². The lowest BCUT2D eigenvalue weighted by molar-refractivity contribution is 0.181. The number of benzene rings is 1. The number of rotatable bonds is 9. The molecule has 0 aliphatic carbocycles. The van der Waals surface area contributed by atoms with Crippen molar-refractivity contribution in [3.63, 3.8) is 0 Å². The zero-order chi connectivity index (χ0) is 17.9. The number of hydrogen-bond acceptors (Lipinski definition) is 3. The number of unbranched alkanes of at least 4 members (excludes halogenated alkanes) is 1. The summed E-state index contributed by atoms with van der Waals surface area (Å²) in [5, 5.41) is 3.41. The summed E-state index contributed by atoms with van der Waals surface area (Å²) < 4.78 is 5.48. The van der Waals surface area contributed by atoms with E-state index in [1.165, 1.54) is 5.69 Å². The van der Waals surface area contributed by atoms with Crippen LogP contribution in [0.25, 0.3) is 0 Å². The Kier molecular flexibility index (Phi) is 11.7. The molecular formula is C20H35IN4O. The fraction of sp³-hybridized carbons (Fsp3) is 0.650. The van der Waals surface area contributed by atoms with Crippen LogP contribution in [0.1, 0.15) is 26.2 Å². The van der Waals surface area contributed by atoms with Crippen molar-refractivity contribution in [1.82, 2.24) is 10.2 Å². The second-order valence-corrected chi connectivity index (χ2v) is 6.81. The van der Waals surface area contributed by atoms with Crippen LogP contribution in [0.15, 0.2) is 35.3 Å². The Labute approximate surface area is 176 Å². The van der Waals surface area contributed by atoms with Crippen molar-refractivity contribution in [3.05, 3.63) is 30.3 Å². The molecular weight excluding hydrogens is 439 g/mol. The minimum absolute atomic E-state index is 0. The minimum Gasteiger partial charge on any atom is -0.381 e. The zero-order valence-corrected chi connectivity index (χ0v) is 18.8. The van der Waals surface area contributed by atoms with E-state index in [-0.39, 0.29) is 24.0 Å². The first-order valence-electron chi connectivity index (χ1n) is 9.54. The molecule has 1 unspecified atom stereocenters. The van der Waals surface area contributed by atoms with Gasteiger partial charge in [0.25, 0.3) is 0 Å². The van der Waals surface area contributed by atoms with Crippen molar-refractivity contribution in [2.75, 3.05) is 58.4 Å². The van der Waals surface area contributed by atoms with E-state index in [4.69, 9.17) is 9.73 Å². The van der Waals surface area contributed by atoms with Gasteiger partial charge in [-0.15, -0.1) is 24.0 Å². The van der Waals surface area contributed by atoms with Crippen LogP contribution >= 0.6 is 24.0 Å². The molecule has 2 rings (SSSR count). The molecule has 0 aromatic heterocycles. The molecule has 0 bridgehead atoms. The van der Waals surface area contributed by atoms with Gasteiger partial charge in [-0.3, -0.25) is 4.99 Å². The van der Waals surface area contributed by atoms with Crippen molar-refractivity contribution in [2.24, 2.45) is 10.9 Å². The highest BCUT2D eigenvalue weighted by Crippen LogP contribution is 2.13. The smallest absolute Gasteiger partial charge is 0.193 e. The molecule has 0 spiro atoms. The van der Waals surface area contributed by atoms with Gasteiger partial charge < -0.3 is 19.9 Å². The van der Waals surface area contributed by atoms with Crippen LogP contribution in [-0.4, -0.2) is 64.3 Å². The van der Waals surface area contributed by atoms with E-state index in [2.05, 4.69) is 66.5 Å². The van der Waals surface area contributed by atoms with E-state index in [0.29, 0.717) is 5.92 Å². The third-order valence-corrected chi connectivity index (χ3v) is 4.61. The summed E-state index contributed by atoms with van der Waals surface area (Å²) in [5.74, 6) is 1.65. The Morgan fingerprint density at radius 2 is 2.00 bits per heavy atom. The van der Waals surface area contributed by atoms with Gasteiger partial charge in [-0.25, -0.2) is 0 Å². The number of anilines is 1. The van der Waals surface area contributed by atoms with E-state index in [0.717, 1.165) is 64.6 Å². The van der Waals surface area contributed by atoms with Gasteiger partial charge in [0.15, 0.2) is 5.96 Å². The topological polar surface area (TPSA) is 40.1 Å². The van der Waals surface area contributed by atoms with Crippen molar-refractivity contribution in [2.45, 2.75) is 26.2 Å². The Hall–Kier alpha value is -1.02. The Morgan fingerprint density at radius 3 is 2.65 bits per heavy atom. The third kappa shape index (κ3) is 8.12. The average Bonchev–Trinajstić information content (AvgIpc) is 3.14. The highest BCUT2D eigenvalue weighted by Gasteiger charge is 2.18. The van der Waals surface area contributed by atoms with Crippen LogP contribution in [0.3, 0.4) is 0 Å². The second kappa shape index (κ2) is 13.2. The SMILES string of the molecule is CCNC(=NCCCCN(C)c1ccccc1)N(C)CC1CCOC1.I. The molecule has 1 aliphatic rings. The first-order chi connectivity index (χ1) is 12.2. The van der Waals surface area contributed by atoms with Crippen LogP contribution in [-0.2, 0) is 4.74 Å². The van der Waals surface area contributed by atoms with Crippen LogP contribution in [0.4, 0.5) is 5.69 Å². The molecule has 1 aromatic rings. The molecule has 0 saturated carbocycles. The molecule has 148 valence electrons. The van der Waals surface area contributed by atoms with E-state index in [1.807, 2.05) is 0 Å². The van der Waals surface area contributed by atoms with E-state index in [1.54, 1.807) is 0 Å². The van der Waals surface area contributed by atoms with E-state index in [9.17, 15) is 0 Å². The van der Waals surface area contributed by atoms with Gasteiger partial charge >= 0.3 is 0 Å². The van der Waals surface area contributed by atoms with Crippen molar-refractivity contribution >= 4 is 35.6 Å². The molecule has 1 aliphatic heterocycles. The van der Waals surface area contributed by atoms with Crippen LogP contribution in [0.2, 0.25) is 0 Å². The molecule has 6 heteroatoms. The van der Waals surface area contributed by atoms with Gasteiger partial charge in [0.1, 0.15) is 0 Å². The quantitative estimate of drug-likeness (QED) is 0.258. The third-order valence-electron chi connectivity index (χ3n) is 4.61. The highest BCUT2D eigenvalue weighted by atomic mass is 127. The number of aliphatic imine (C=N–C) groups is 1. The summed E-state index contributed by atoms with van der Waals surface area (Å²) in [6, 6.07) is 10.5. The lowest BCUT2D eigenvalue weighted by Crippen LogP contribution is -2.41. The average molecular weight is 474 g/mol. The Balaban J connectivity index is 0.00000338. The highest BCUT2D eigenvalue weighted by molar-refractivity contribution is 14.0. The lowest BCUT2D eigenvalue weighted by atomic mass is 10.1. The summed E-state index contributed by atoms with van der Waals surface area (Å²) in [7, 11) is 4.28.